The molecule has 0 radical (unpaired) electrons. The molecule has 112 valence electrons. The van der Waals surface area contributed by atoms with Crippen LogP contribution in [-0.4, -0.2) is 51.9 Å². The molecule has 0 aliphatic heterocycles. The van der Waals surface area contributed by atoms with Crippen LogP contribution in [-0.2, 0) is 0 Å². The highest BCUT2D eigenvalue weighted by Crippen LogP contribution is 2.20. The predicted octanol–water partition coefficient (Wildman–Crippen LogP) is -0.134. The van der Waals surface area contributed by atoms with Gasteiger partial charge in [-0.15, -0.1) is 4.91 Å². The molecule has 0 spiro atoms. The summed E-state index contributed by atoms with van der Waals surface area (Å²) in [5, 5.41) is 41.0. The third-order valence-corrected chi connectivity index (χ3v) is 3.22. The topological polar surface area (TPSA) is 114 Å². The van der Waals surface area contributed by atoms with Crippen LogP contribution in [0.4, 0.5) is 5.69 Å². The zero-order valence-corrected chi connectivity index (χ0v) is 11.5. The average Bonchev–Trinajstić information content (AvgIpc) is 2.45. The molecule has 0 amide bonds. The van der Waals surface area contributed by atoms with Crippen LogP contribution in [0, 0.1) is 18.8 Å². The summed E-state index contributed by atoms with van der Waals surface area (Å²) in [6, 6.07) is 5.22. The van der Waals surface area contributed by atoms with Gasteiger partial charge in [-0.05, 0) is 37.1 Å². The van der Waals surface area contributed by atoms with Crippen molar-refractivity contribution in [3.05, 3.63) is 34.2 Å². The van der Waals surface area contributed by atoms with Crippen LogP contribution in [0.5, 0.6) is 0 Å². The van der Waals surface area contributed by atoms with Gasteiger partial charge in [-0.25, -0.2) is 5.01 Å². The summed E-state index contributed by atoms with van der Waals surface area (Å²) < 4.78 is 0. The van der Waals surface area contributed by atoms with E-state index in [9.17, 15) is 20.2 Å². The van der Waals surface area contributed by atoms with E-state index in [0.29, 0.717) is 5.69 Å². The van der Waals surface area contributed by atoms with E-state index in [2.05, 4.69) is 5.29 Å². The number of aryl methyl sites for hydroxylation is 2. The van der Waals surface area contributed by atoms with Gasteiger partial charge < -0.3 is 20.4 Å². The summed E-state index contributed by atoms with van der Waals surface area (Å²) in [5.41, 5.74) is 2.49. The molecule has 4 N–H and O–H groups in total. The predicted molar refractivity (Wildman–Crippen MR) is 74.2 cm³/mol. The SMILES string of the molecule is Cc1ccc(N(C[C@@H](O)[C@@H](O)[C@H](O)CO)N=O)cc1C. The van der Waals surface area contributed by atoms with Crippen LogP contribution in [0.2, 0.25) is 0 Å². The van der Waals surface area contributed by atoms with E-state index < -0.39 is 24.9 Å². The van der Waals surface area contributed by atoms with Gasteiger partial charge in [-0.1, -0.05) is 6.07 Å². The summed E-state index contributed by atoms with van der Waals surface area (Å²) in [4.78, 5) is 10.9. The molecular formula is C13H20N2O5. The van der Waals surface area contributed by atoms with Crippen LogP contribution >= 0.6 is 0 Å². The van der Waals surface area contributed by atoms with E-state index in [4.69, 9.17) is 5.11 Å². The normalized spacial score (nSPS) is 15.5. The maximum Gasteiger partial charge on any atom is 0.110 e. The van der Waals surface area contributed by atoms with Crippen molar-refractivity contribution in [2.24, 2.45) is 5.29 Å². The van der Waals surface area contributed by atoms with Crippen LogP contribution < -0.4 is 5.01 Å². The van der Waals surface area contributed by atoms with Crippen molar-refractivity contribution in [1.82, 2.24) is 0 Å². The maximum atomic E-state index is 10.9. The highest BCUT2D eigenvalue weighted by Gasteiger charge is 2.26. The lowest BCUT2D eigenvalue weighted by Crippen LogP contribution is -2.44. The highest BCUT2D eigenvalue weighted by molar-refractivity contribution is 5.50. The van der Waals surface area contributed by atoms with Crippen LogP contribution in [0.3, 0.4) is 0 Å². The Bertz CT molecular complexity index is 454. The van der Waals surface area contributed by atoms with E-state index in [1.165, 1.54) is 0 Å². The molecule has 20 heavy (non-hydrogen) atoms. The largest absolute Gasteiger partial charge is 0.394 e. The van der Waals surface area contributed by atoms with E-state index in [0.717, 1.165) is 16.1 Å². The molecule has 1 aromatic carbocycles. The van der Waals surface area contributed by atoms with E-state index in [-0.39, 0.29) is 6.54 Å². The first-order valence-electron chi connectivity index (χ1n) is 6.23. The summed E-state index contributed by atoms with van der Waals surface area (Å²) in [6.45, 7) is 2.83. The monoisotopic (exact) mass is 284 g/mol. The zero-order valence-electron chi connectivity index (χ0n) is 11.5. The van der Waals surface area contributed by atoms with Gasteiger partial charge in [0.2, 0.25) is 0 Å². The number of aliphatic hydroxyl groups excluding tert-OH is 4. The minimum Gasteiger partial charge on any atom is -0.394 e. The van der Waals surface area contributed by atoms with Crippen molar-refractivity contribution in [2.75, 3.05) is 18.2 Å². The van der Waals surface area contributed by atoms with Crippen LogP contribution in [0.1, 0.15) is 11.1 Å². The number of benzene rings is 1. The molecule has 0 saturated carbocycles. The average molecular weight is 284 g/mol. The Morgan fingerprint density at radius 1 is 1.15 bits per heavy atom. The third-order valence-electron chi connectivity index (χ3n) is 3.22. The van der Waals surface area contributed by atoms with E-state index in [1.54, 1.807) is 12.1 Å². The van der Waals surface area contributed by atoms with E-state index >= 15 is 0 Å². The second-order valence-electron chi connectivity index (χ2n) is 4.74. The second-order valence-corrected chi connectivity index (χ2v) is 4.74. The Labute approximate surface area is 117 Å². The van der Waals surface area contributed by atoms with Crippen LogP contribution in [0.25, 0.3) is 0 Å². The Hall–Kier alpha value is -1.54. The minimum atomic E-state index is -1.56. The molecule has 0 aliphatic rings. The maximum absolute atomic E-state index is 10.9. The Morgan fingerprint density at radius 3 is 2.30 bits per heavy atom. The molecule has 0 aromatic heterocycles. The Kier molecular flexibility index (Phi) is 6.03. The molecule has 0 saturated heterocycles. The van der Waals surface area contributed by atoms with Gasteiger partial charge >= 0.3 is 0 Å². The number of hydrogen-bond donors (Lipinski definition) is 4. The highest BCUT2D eigenvalue weighted by atomic mass is 16.4. The summed E-state index contributed by atoms with van der Waals surface area (Å²) in [6.07, 6.45) is -4.45. The molecule has 7 nitrogen and oxygen atoms in total. The molecular weight excluding hydrogens is 264 g/mol. The van der Waals surface area contributed by atoms with Crippen molar-refractivity contribution in [1.29, 1.82) is 0 Å². The zero-order chi connectivity index (χ0) is 15.3. The molecule has 7 heteroatoms. The van der Waals surface area contributed by atoms with Gasteiger partial charge in [-0.2, -0.15) is 0 Å². The van der Waals surface area contributed by atoms with Gasteiger partial charge in [0.1, 0.15) is 18.3 Å². The van der Waals surface area contributed by atoms with Crippen LogP contribution in [0.15, 0.2) is 23.5 Å². The summed E-state index contributed by atoms with van der Waals surface area (Å²) in [7, 11) is 0. The number of anilines is 1. The van der Waals surface area contributed by atoms with Gasteiger partial charge in [0.15, 0.2) is 0 Å². The Balaban J connectivity index is 2.81. The lowest BCUT2D eigenvalue weighted by atomic mass is 10.1. The molecule has 1 rings (SSSR count). The summed E-state index contributed by atoms with van der Waals surface area (Å²) >= 11 is 0. The molecule has 3 atom stereocenters. The third kappa shape index (κ3) is 3.97. The molecule has 0 bridgehead atoms. The number of aliphatic hydroxyl groups is 4. The molecule has 0 fully saturated rings. The van der Waals surface area contributed by atoms with Gasteiger partial charge in [0.25, 0.3) is 0 Å². The fraction of sp³-hybridized carbons (Fsp3) is 0.538. The van der Waals surface area contributed by atoms with Crippen molar-refractivity contribution < 1.29 is 20.4 Å². The number of nitrogens with zero attached hydrogens (tertiary/aromatic N) is 2. The summed E-state index contributed by atoms with van der Waals surface area (Å²) in [5.74, 6) is 0. The molecule has 0 aliphatic carbocycles. The number of hydrogen-bond acceptors (Lipinski definition) is 6. The van der Waals surface area contributed by atoms with Gasteiger partial charge in [0, 0.05) is 0 Å². The first-order chi connectivity index (χ1) is 9.40. The minimum absolute atomic E-state index is 0.287. The Morgan fingerprint density at radius 2 is 1.80 bits per heavy atom. The number of rotatable bonds is 7. The van der Waals surface area contributed by atoms with Crippen molar-refractivity contribution in [3.8, 4) is 0 Å². The van der Waals surface area contributed by atoms with Gasteiger partial charge in [-0.3, -0.25) is 0 Å². The lowest BCUT2D eigenvalue weighted by Gasteiger charge is -2.25. The van der Waals surface area contributed by atoms with Crippen molar-refractivity contribution >= 4 is 5.69 Å². The fourth-order valence-electron chi connectivity index (χ4n) is 1.72. The first-order valence-corrected chi connectivity index (χ1v) is 6.23. The quantitative estimate of drug-likeness (QED) is 0.409. The van der Waals surface area contributed by atoms with Crippen molar-refractivity contribution in [3.63, 3.8) is 0 Å². The molecule has 0 unspecified atom stereocenters. The molecule has 1 aromatic rings. The fourth-order valence-corrected chi connectivity index (χ4v) is 1.72. The number of nitroso groups, excluding NO2 is 1. The molecule has 0 heterocycles. The smallest absolute Gasteiger partial charge is 0.110 e. The first kappa shape index (κ1) is 16.5. The van der Waals surface area contributed by atoms with Crippen molar-refractivity contribution in [2.45, 2.75) is 32.2 Å². The lowest BCUT2D eigenvalue weighted by molar-refractivity contribution is -0.0731. The van der Waals surface area contributed by atoms with Gasteiger partial charge in [0.05, 0.1) is 24.1 Å². The second kappa shape index (κ2) is 7.30. The van der Waals surface area contributed by atoms with E-state index in [1.807, 2.05) is 19.9 Å². The standard InChI is InChI=1S/C13H20N2O5/c1-8-3-4-10(5-9(8)2)15(14-20)6-11(17)13(19)12(18)7-16/h3-5,11-13,16-19H,6-7H2,1-2H3/t11-,12-,13-/m1/s1.